The van der Waals surface area contributed by atoms with E-state index in [1.54, 1.807) is 25.2 Å². The number of phenolic OH excluding ortho intramolecular Hbond substituents is 1. The van der Waals surface area contributed by atoms with Crippen LogP contribution in [-0.4, -0.2) is 12.2 Å². The fraction of sp³-hybridized carbons (Fsp3) is 0.143. The predicted octanol–water partition coefficient (Wildman–Crippen LogP) is 0.702. The van der Waals surface area contributed by atoms with Crippen molar-refractivity contribution in [1.29, 1.82) is 0 Å². The monoisotopic (exact) mass is 138 g/mol. The van der Waals surface area contributed by atoms with Gasteiger partial charge in [0.15, 0.2) is 0 Å². The molecule has 10 heavy (non-hydrogen) atoms. The minimum Gasteiger partial charge on any atom is -0.506 e. The largest absolute Gasteiger partial charge is 0.506 e. The van der Waals surface area contributed by atoms with Gasteiger partial charge in [-0.3, -0.25) is 0 Å². The Morgan fingerprint density at radius 3 is 2.40 bits per heavy atom. The molecule has 1 aromatic carbocycles. The first-order valence-corrected chi connectivity index (χ1v) is 2.98. The summed E-state index contributed by atoms with van der Waals surface area (Å²) < 4.78 is 0. The highest BCUT2D eigenvalue weighted by Crippen LogP contribution is 2.22. The zero-order chi connectivity index (χ0) is 7.56. The molecule has 0 spiro atoms. The maximum atomic E-state index is 9.16. The SMILES string of the molecule is CN(N)c1ccccc1O. The van der Waals surface area contributed by atoms with E-state index in [1.165, 1.54) is 5.01 Å². The lowest BCUT2D eigenvalue weighted by Crippen LogP contribution is -2.24. The number of nitrogens with zero attached hydrogens (tertiary/aromatic N) is 1. The van der Waals surface area contributed by atoms with Crippen LogP contribution in [0, 0.1) is 0 Å². The Kier molecular flexibility index (Phi) is 1.78. The van der Waals surface area contributed by atoms with Gasteiger partial charge in [0.25, 0.3) is 0 Å². The highest BCUT2D eigenvalue weighted by Gasteiger charge is 1.98. The van der Waals surface area contributed by atoms with Crippen molar-refractivity contribution in [2.75, 3.05) is 12.1 Å². The Hall–Kier alpha value is -1.22. The van der Waals surface area contributed by atoms with Crippen molar-refractivity contribution < 1.29 is 5.11 Å². The first-order chi connectivity index (χ1) is 4.72. The third-order valence-electron chi connectivity index (χ3n) is 1.26. The minimum atomic E-state index is 0.201. The number of benzene rings is 1. The van der Waals surface area contributed by atoms with Crippen LogP contribution in [0.15, 0.2) is 24.3 Å². The normalized spacial score (nSPS) is 9.40. The zero-order valence-electron chi connectivity index (χ0n) is 5.78. The summed E-state index contributed by atoms with van der Waals surface area (Å²) >= 11 is 0. The number of hydrogen-bond donors (Lipinski definition) is 2. The Morgan fingerprint density at radius 1 is 1.40 bits per heavy atom. The molecule has 0 aliphatic carbocycles. The number of aromatic hydroxyl groups is 1. The zero-order valence-corrected chi connectivity index (χ0v) is 5.78. The molecule has 0 heterocycles. The minimum absolute atomic E-state index is 0.201. The molecule has 0 radical (unpaired) electrons. The summed E-state index contributed by atoms with van der Waals surface area (Å²) in [5, 5.41) is 10.5. The molecule has 3 heteroatoms. The third-order valence-corrected chi connectivity index (χ3v) is 1.26. The lowest BCUT2D eigenvalue weighted by Gasteiger charge is -2.12. The van der Waals surface area contributed by atoms with Gasteiger partial charge in [0.1, 0.15) is 5.75 Å². The molecule has 0 saturated heterocycles. The number of hydrazine groups is 1. The van der Waals surface area contributed by atoms with Crippen molar-refractivity contribution in [3.63, 3.8) is 0 Å². The fourth-order valence-electron chi connectivity index (χ4n) is 0.762. The number of phenols is 1. The summed E-state index contributed by atoms with van der Waals surface area (Å²) in [7, 11) is 1.68. The van der Waals surface area contributed by atoms with Gasteiger partial charge in [-0.25, -0.2) is 5.84 Å². The second-order valence-electron chi connectivity index (χ2n) is 2.10. The fourth-order valence-corrected chi connectivity index (χ4v) is 0.762. The van der Waals surface area contributed by atoms with E-state index in [-0.39, 0.29) is 5.75 Å². The van der Waals surface area contributed by atoms with Crippen LogP contribution >= 0.6 is 0 Å². The maximum Gasteiger partial charge on any atom is 0.140 e. The number of anilines is 1. The topological polar surface area (TPSA) is 49.5 Å². The number of rotatable bonds is 1. The predicted molar refractivity (Wildman–Crippen MR) is 40.7 cm³/mol. The lowest BCUT2D eigenvalue weighted by atomic mass is 10.3. The molecule has 1 rings (SSSR count). The molecule has 0 bridgehead atoms. The molecule has 54 valence electrons. The molecule has 3 nitrogen and oxygen atoms in total. The average molecular weight is 138 g/mol. The van der Waals surface area contributed by atoms with Gasteiger partial charge in [-0.2, -0.15) is 0 Å². The van der Waals surface area contributed by atoms with Gasteiger partial charge in [0.05, 0.1) is 5.69 Å². The molecule has 0 aliphatic heterocycles. The maximum absolute atomic E-state index is 9.16. The van der Waals surface area contributed by atoms with Gasteiger partial charge >= 0.3 is 0 Å². The van der Waals surface area contributed by atoms with Gasteiger partial charge in [-0.15, -0.1) is 0 Å². The molecule has 3 N–H and O–H groups in total. The van der Waals surface area contributed by atoms with Crippen LogP contribution in [0.5, 0.6) is 5.75 Å². The Balaban J connectivity index is 3.03. The van der Waals surface area contributed by atoms with E-state index in [4.69, 9.17) is 10.9 Å². The molecule has 0 aromatic heterocycles. The van der Waals surface area contributed by atoms with Crippen molar-refractivity contribution in [2.45, 2.75) is 0 Å². The number of para-hydroxylation sites is 2. The molecule has 0 fully saturated rings. The standard InChI is InChI=1S/C7H10N2O/c1-9(8)6-4-2-3-5-7(6)10/h2-5,10H,8H2,1H3. The first-order valence-electron chi connectivity index (χ1n) is 2.98. The first kappa shape index (κ1) is 6.89. The Bertz CT molecular complexity index is 223. The smallest absolute Gasteiger partial charge is 0.140 e. The van der Waals surface area contributed by atoms with Crippen molar-refractivity contribution >= 4 is 5.69 Å². The Morgan fingerprint density at radius 2 is 2.00 bits per heavy atom. The van der Waals surface area contributed by atoms with Crippen LogP contribution in [0.4, 0.5) is 5.69 Å². The van der Waals surface area contributed by atoms with Gasteiger partial charge in [0, 0.05) is 7.05 Å². The summed E-state index contributed by atoms with van der Waals surface area (Å²) in [4.78, 5) is 0. The average Bonchev–Trinajstić information content (AvgIpc) is 1.88. The summed E-state index contributed by atoms with van der Waals surface area (Å²) in [5.74, 6) is 5.59. The third kappa shape index (κ3) is 1.19. The van der Waals surface area contributed by atoms with Gasteiger partial charge < -0.3 is 10.1 Å². The highest BCUT2D eigenvalue weighted by molar-refractivity contribution is 5.55. The lowest BCUT2D eigenvalue weighted by molar-refractivity contribution is 0.475. The van der Waals surface area contributed by atoms with Crippen molar-refractivity contribution in [3.8, 4) is 5.75 Å². The molecular weight excluding hydrogens is 128 g/mol. The molecular formula is C7H10N2O. The van der Waals surface area contributed by atoms with E-state index in [0.717, 1.165) is 0 Å². The number of hydrogen-bond acceptors (Lipinski definition) is 3. The second-order valence-corrected chi connectivity index (χ2v) is 2.10. The van der Waals surface area contributed by atoms with Crippen LogP contribution in [0.2, 0.25) is 0 Å². The molecule has 0 aliphatic rings. The van der Waals surface area contributed by atoms with E-state index in [0.29, 0.717) is 5.69 Å². The van der Waals surface area contributed by atoms with Crippen LogP contribution in [0.1, 0.15) is 0 Å². The second kappa shape index (κ2) is 2.58. The Labute approximate surface area is 59.7 Å². The number of nitrogens with two attached hydrogens (primary N) is 1. The van der Waals surface area contributed by atoms with Crippen LogP contribution in [0.25, 0.3) is 0 Å². The van der Waals surface area contributed by atoms with E-state index >= 15 is 0 Å². The van der Waals surface area contributed by atoms with E-state index in [1.807, 2.05) is 6.07 Å². The van der Waals surface area contributed by atoms with E-state index < -0.39 is 0 Å². The van der Waals surface area contributed by atoms with Crippen molar-refractivity contribution in [3.05, 3.63) is 24.3 Å². The van der Waals surface area contributed by atoms with Crippen LogP contribution in [0.3, 0.4) is 0 Å². The summed E-state index contributed by atoms with van der Waals surface area (Å²) in [6, 6.07) is 6.91. The summed E-state index contributed by atoms with van der Waals surface area (Å²) in [6.45, 7) is 0. The quantitative estimate of drug-likeness (QED) is 0.443. The molecule has 1 aromatic rings. The van der Waals surface area contributed by atoms with Crippen molar-refractivity contribution in [2.24, 2.45) is 5.84 Å². The van der Waals surface area contributed by atoms with Crippen LogP contribution in [-0.2, 0) is 0 Å². The van der Waals surface area contributed by atoms with Crippen LogP contribution < -0.4 is 10.9 Å². The molecule has 0 amide bonds. The molecule has 0 atom stereocenters. The molecule has 0 unspecified atom stereocenters. The van der Waals surface area contributed by atoms with Crippen molar-refractivity contribution in [1.82, 2.24) is 0 Å². The van der Waals surface area contributed by atoms with Gasteiger partial charge in [-0.05, 0) is 12.1 Å². The highest BCUT2D eigenvalue weighted by atomic mass is 16.3. The summed E-state index contributed by atoms with van der Waals surface area (Å²) in [6.07, 6.45) is 0. The van der Waals surface area contributed by atoms with E-state index in [9.17, 15) is 0 Å². The van der Waals surface area contributed by atoms with E-state index in [2.05, 4.69) is 0 Å². The van der Waals surface area contributed by atoms with Gasteiger partial charge in [-0.1, -0.05) is 12.1 Å². The van der Waals surface area contributed by atoms with Gasteiger partial charge in [0.2, 0.25) is 0 Å². The molecule has 0 saturated carbocycles. The summed E-state index contributed by atoms with van der Waals surface area (Å²) in [5.41, 5.74) is 0.627.